The third-order valence-corrected chi connectivity index (χ3v) is 3.74. The molecule has 0 fully saturated rings. The highest BCUT2D eigenvalue weighted by Gasteiger charge is 2.12. The molecule has 0 unspecified atom stereocenters. The second-order valence-electron chi connectivity index (χ2n) is 3.81. The summed E-state index contributed by atoms with van der Waals surface area (Å²) in [6.07, 6.45) is 1.65. The molecule has 0 amide bonds. The van der Waals surface area contributed by atoms with Gasteiger partial charge in [-0.3, -0.25) is 10.1 Å². The molecular weight excluding hydrogens is 286 g/mol. The summed E-state index contributed by atoms with van der Waals surface area (Å²) < 4.78 is 0.894. The molecule has 0 aliphatic heterocycles. The fourth-order valence-electron chi connectivity index (χ4n) is 1.80. The van der Waals surface area contributed by atoms with E-state index in [-0.39, 0.29) is 11.0 Å². The molecule has 2 heterocycles. The van der Waals surface area contributed by atoms with Crippen LogP contribution in [0.2, 0.25) is 5.28 Å². The number of non-ortho nitro benzene ring substituents is 1. The van der Waals surface area contributed by atoms with Crippen molar-refractivity contribution in [3.63, 3.8) is 0 Å². The summed E-state index contributed by atoms with van der Waals surface area (Å²) in [4.78, 5) is 18.5. The third kappa shape index (κ3) is 2.16. The van der Waals surface area contributed by atoms with Gasteiger partial charge in [-0.25, -0.2) is 9.97 Å². The van der Waals surface area contributed by atoms with Crippen molar-refractivity contribution in [3.8, 4) is 11.1 Å². The summed E-state index contributed by atoms with van der Waals surface area (Å²) in [5, 5.41) is 12.9. The maximum atomic E-state index is 10.8. The molecule has 2 aromatic heterocycles. The van der Waals surface area contributed by atoms with Crippen LogP contribution < -0.4 is 0 Å². The van der Waals surface area contributed by atoms with Crippen molar-refractivity contribution in [3.05, 3.63) is 51.2 Å². The zero-order chi connectivity index (χ0) is 13.4. The summed E-state index contributed by atoms with van der Waals surface area (Å²) in [7, 11) is 0. The minimum absolute atomic E-state index is 0.0528. The van der Waals surface area contributed by atoms with E-state index in [1.54, 1.807) is 12.3 Å². The number of hydrogen-bond acceptors (Lipinski definition) is 5. The molecule has 5 nitrogen and oxygen atoms in total. The van der Waals surface area contributed by atoms with E-state index in [0.29, 0.717) is 5.52 Å². The van der Waals surface area contributed by atoms with E-state index >= 15 is 0 Å². The lowest BCUT2D eigenvalue weighted by Crippen LogP contribution is -1.88. The number of nitro groups is 1. The van der Waals surface area contributed by atoms with Crippen LogP contribution in [0.1, 0.15) is 0 Å². The van der Waals surface area contributed by atoms with Gasteiger partial charge in [0.25, 0.3) is 5.69 Å². The first kappa shape index (κ1) is 12.0. The van der Waals surface area contributed by atoms with Crippen molar-refractivity contribution in [2.75, 3.05) is 0 Å². The van der Waals surface area contributed by atoms with Crippen LogP contribution >= 0.6 is 22.9 Å². The Hall–Kier alpha value is -2.05. The van der Waals surface area contributed by atoms with Crippen molar-refractivity contribution in [1.29, 1.82) is 0 Å². The normalized spacial score (nSPS) is 10.8. The SMILES string of the molecule is O=[N+]([O-])c1cccc(-c2csc3cnc(Cl)nc23)c1. The monoisotopic (exact) mass is 291 g/mol. The average molecular weight is 292 g/mol. The van der Waals surface area contributed by atoms with Gasteiger partial charge in [0.05, 0.1) is 15.1 Å². The summed E-state index contributed by atoms with van der Waals surface area (Å²) in [6.45, 7) is 0. The molecule has 0 saturated carbocycles. The zero-order valence-corrected chi connectivity index (χ0v) is 11.0. The number of nitro benzene ring substituents is 1. The number of halogens is 1. The Morgan fingerprint density at radius 1 is 1.37 bits per heavy atom. The molecule has 0 radical (unpaired) electrons. The van der Waals surface area contributed by atoms with Crippen LogP contribution in [0.4, 0.5) is 5.69 Å². The highest BCUT2D eigenvalue weighted by molar-refractivity contribution is 7.17. The van der Waals surface area contributed by atoms with Gasteiger partial charge in [0.2, 0.25) is 5.28 Å². The van der Waals surface area contributed by atoms with Crippen LogP contribution in [-0.2, 0) is 0 Å². The van der Waals surface area contributed by atoms with E-state index in [4.69, 9.17) is 11.6 Å². The van der Waals surface area contributed by atoms with Crippen molar-refractivity contribution in [1.82, 2.24) is 9.97 Å². The van der Waals surface area contributed by atoms with E-state index < -0.39 is 4.92 Å². The molecule has 0 aliphatic rings. The van der Waals surface area contributed by atoms with Crippen LogP contribution in [0.5, 0.6) is 0 Å². The van der Waals surface area contributed by atoms with E-state index in [9.17, 15) is 10.1 Å². The zero-order valence-electron chi connectivity index (χ0n) is 9.41. The summed E-state index contributed by atoms with van der Waals surface area (Å²) in [6, 6.07) is 6.45. The lowest BCUT2D eigenvalue weighted by molar-refractivity contribution is -0.384. The fourth-order valence-corrected chi connectivity index (χ4v) is 2.81. The Labute approximate surface area is 116 Å². The first-order valence-corrected chi connectivity index (χ1v) is 6.55. The van der Waals surface area contributed by atoms with E-state index in [2.05, 4.69) is 9.97 Å². The van der Waals surface area contributed by atoms with Gasteiger partial charge >= 0.3 is 0 Å². The van der Waals surface area contributed by atoms with Crippen LogP contribution in [-0.4, -0.2) is 14.9 Å². The lowest BCUT2D eigenvalue weighted by Gasteiger charge is -1.99. The first-order chi connectivity index (χ1) is 9.15. The number of hydrogen-bond donors (Lipinski definition) is 0. The van der Waals surface area contributed by atoms with E-state index in [0.717, 1.165) is 15.8 Å². The molecule has 7 heteroatoms. The van der Waals surface area contributed by atoms with Gasteiger partial charge in [0.15, 0.2) is 0 Å². The molecular formula is C12H6ClN3O2S. The van der Waals surface area contributed by atoms with E-state index in [1.165, 1.54) is 23.5 Å². The maximum absolute atomic E-state index is 10.8. The smallest absolute Gasteiger partial charge is 0.258 e. The minimum Gasteiger partial charge on any atom is -0.258 e. The molecule has 1 aromatic carbocycles. The predicted molar refractivity (Wildman–Crippen MR) is 74.5 cm³/mol. The standard InChI is InChI=1S/C12H6ClN3O2S/c13-12-14-5-10-11(15-12)9(6-19-10)7-2-1-3-8(4-7)16(17)18/h1-6H. The molecule has 94 valence electrons. The Morgan fingerprint density at radius 2 is 2.21 bits per heavy atom. The summed E-state index contributed by atoms with van der Waals surface area (Å²) in [5.74, 6) is 0. The highest BCUT2D eigenvalue weighted by Crippen LogP contribution is 2.34. The number of rotatable bonds is 2. The quantitative estimate of drug-likeness (QED) is 0.408. The molecule has 0 saturated heterocycles. The van der Waals surface area contributed by atoms with Gasteiger partial charge in [-0.15, -0.1) is 11.3 Å². The van der Waals surface area contributed by atoms with Crippen LogP contribution in [0.3, 0.4) is 0 Å². The Balaban J connectivity index is 2.21. The molecule has 0 aliphatic carbocycles. The fraction of sp³-hybridized carbons (Fsp3) is 0. The summed E-state index contributed by atoms with van der Waals surface area (Å²) in [5.41, 5.74) is 2.34. The second-order valence-corrected chi connectivity index (χ2v) is 5.06. The van der Waals surface area contributed by atoms with Gasteiger partial charge in [-0.05, 0) is 17.2 Å². The van der Waals surface area contributed by atoms with Crippen LogP contribution in [0.25, 0.3) is 21.3 Å². The second kappa shape index (κ2) is 4.56. The molecule has 3 aromatic rings. The van der Waals surface area contributed by atoms with Crippen molar-refractivity contribution in [2.45, 2.75) is 0 Å². The number of benzene rings is 1. The lowest BCUT2D eigenvalue weighted by atomic mass is 10.1. The van der Waals surface area contributed by atoms with Crippen molar-refractivity contribution >= 4 is 38.8 Å². The van der Waals surface area contributed by atoms with Gasteiger partial charge in [-0.2, -0.15) is 0 Å². The van der Waals surface area contributed by atoms with Gasteiger partial charge in [-0.1, -0.05) is 12.1 Å². The third-order valence-electron chi connectivity index (χ3n) is 2.65. The summed E-state index contributed by atoms with van der Waals surface area (Å²) >= 11 is 7.27. The topological polar surface area (TPSA) is 68.9 Å². The molecule has 19 heavy (non-hydrogen) atoms. The number of nitrogens with zero attached hydrogens (tertiary/aromatic N) is 3. The molecule has 0 spiro atoms. The van der Waals surface area contributed by atoms with E-state index in [1.807, 2.05) is 11.4 Å². The molecule has 0 N–H and O–H groups in total. The molecule has 0 bridgehead atoms. The Bertz CT molecular complexity index is 787. The first-order valence-electron chi connectivity index (χ1n) is 5.30. The Morgan fingerprint density at radius 3 is 3.00 bits per heavy atom. The molecule has 3 rings (SSSR count). The minimum atomic E-state index is -0.417. The number of aromatic nitrogens is 2. The van der Waals surface area contributed by atoms with Gasteiger partial charge < -0.3 is 0 Å². The van der Waals surface area contributed by atoms with Gasteiger partial charge in [0, 0.05) is 29.3 Å². The van der Waals surface area contributed by atoms with Crippen LogP contribution in [0.15, 0.2) is 35.8 Å². The largest absolute Gasteiger partial charge is 0.270 e. The number of fused-ring (bicyclic) bond motifs is 1. The maximum Gasteiger partial charge on any atom is 0.270 e. The predicted octanol–water partition coefficient (Wildman–Crippen LogP) is 3.92. The van der Waals surface area contributed by atoms with Crippen LogP contribution in [0, 0.1) is 10.1 Å². The average Bonchev–Trinajstić information content (AvgIpc) is 2.81. The highest BCUT2D eigenvalue weighted by atomic mass is 35.5. The van der Waals surface area contributed by atoms with Crippen molar-refractivity contribution < 1.29 is 4.92 Å². The molecule has 0 atom stereocenters. The van der Waals surface area contributed by atoms with Gasteiger partial charge in [0.1, 0.15) is 0 Å². The number of thiophene rings is 1. The van der Waals surface area contributed by atoms with Crippen molar-refractivity contribution in [2.24, 2.45) is 0 Å². The Kier molecular flexibility index (Phi) is 2.88.